The van der Waals surface area contributed by atoms with E-state index < -0.39 is 18.6 Å². The third-order valence-electron chi connectivity index (χ3n) is 2.10. The number of rotatable bonds is 5. The van der Waals surface area contributed by atoms with Crippen molar-refractivity contribution in [2.75, 3.05) is 0 Å². The first-order valence-corrected chi connectivity index (χ1v) is 4.86. The number of ether oxygens (including phenoxy) is 1. The smallest absolute Gasteiger partial charge is 0.308 e. The van der Waals surface area contributed by atoms with E-state index in [0.717, 1.165) is 0 Å². The molecule has 0 aliphatic rings. The van der Waals surface area contributed by atoms with Crippen LogP contribution in [0.4, 0.5) is 17.6 Å². The minimum atomic E-state index is -4.41. The van der Waals surface area contributed by atoms with Crippen molar-refractivity contribution in [1.29, 1.82) is 0 Å². The molecule has 0 saturated heterocycles. The Hall–Kier alpha value is -1.10. The molecule has 0 aromatic heterocycles. The van der Waals surface area contributed by atoms with Gasteiger partial charge in [-0.05, 0) is 12.0 Å². The Morgan fingerprint density at radius 1 is 1.19 bits per heavy atom. The van der Waals surface area contributed by atoms with Gasteiger partial charge in [-0.2, -0.15) is 8.78 Å². The van der Waals surface area contributed by atoms with Crippen LogP contribution in [0.25, 0.3) is 0 Å². The van der Waals surface area contributed by atoms with Crippen LogP contribution in [0, 0.1) is 0 Å². The average molecular weight is 236 g/mol. The van der Waals surface area contributed by atoms with Crippen LogP contribution in [0.2, 0.25) is 0 Å². The zero-order valence-corrected chi connectivity index (χ0v) is 8.67. The largest absolute Gasteiger partial charge is 0.417 e. The molecule has 5 heteroatoms. The van der Waals surface area contributed by atoms with Crippen LogP contribution in [0.1, 0.15) is 25.0 Å². The molecule has 0 aliphatic carbocycles. The topological polar surface area (TPSA) is 9.23 Å². The highest BCUT2D eigenvalue weighted by Gasteiger charge is 2.44. The van der Waals surface area contributed by atoms with E-state index in [0.29, 0.717) is 5.56 Å². The van der Waals surface area contributed by atoms with Gasteiger partial charge in [0.05, 0.1) is 6.10 Å². The molecule has 1 nitrogen and oxygen atoms in total. The highest BCUT2D eigenvalue weighted by molar-refractivity contribution is 5.17. The van der Waals surface area contributed by atoms with Gasteiger partial charge in [-0.15, -0.1) is 0 Å². The van der Waals surface area contributed by atoms with Crippen molar-refractivity contribution >= 4 is 0 Å². The number of benzene rings is 1. The van der Waals surface area contributed by atoms with Crippen molar-refractivity contribution in [3.05, 3.63) is 35.9 Å². The summed E-state index contributed by atoms with van der Waals surface area (Å²) in [6.45, 7) is 1.60. The summed E-state index contributed by atoms with van der Waals surface area (Å²) >= 11 is 0. The van der Waals surface area contributed by atoms with Crippen molar-refractivity contribution in [3.8, 4) is 0 Å². The molecule has 1 aromatic rings. The molecule has 0 bridgehead atoms. The molecule has 0 saturated carbocycles. The monoisotopic (exact) mass is 236 g/mol. The van der Waals surface area contributed by atoms with Crippen molar-refractivity contribution in [2.45, 2.75) is 32.0 Å². The molecule has 0 N–H and O–H groups in total. The molecule has 1 aromatic carbocycles. The van der Waals surface area contributed by atoms with Crippen LogP contribution in [0.3, 0.4) is 0 Å². The molecular weight excluding hydrogens is 224 g/mol. The van der Waals surface area contributed by atoms with Crippen LogP contribution in [0.5, 0.6) is 0 Å². The standard InChI is InChI=1S/C11H12F4O/c1-2-9(8-6-4-3-5-7-8)16-11(14,15)10(12)13/h3-7,9-10H,2H2,1H3. The van der Waals surface area contributed by atoms with Gasteiger partial charge in [0.25, 0.3) is 0 Å². The minimum absolute atomic E-state index is 0.201. The zero-order chi connectivity index (χ0) is 12.2. The second kappa shape index (κ2) is 5.30. The van der Waals surface area contributed by atoms with E-state index in [1.54, 1.807) is 37.3 Å². The first kappa shape index (κ1) is 13.0. The Balaban J connectivity index is 2.78. The van der Waals surface area contributed by atoms with Crippen molar-refractivity contribution < 1.29 is 22.3 Å². The van der Waals surface area contributed by atoms with Gasteiger partial charge in [0.1, 0.15) is 0 Å². The zero-order valence-electron chi connectivity index (χ0n) is 8.67. The van der Waals surface area contributed by atoms with Crippen molar-refractivity contribution in [3.63, 3.8) is 0 Å². The first-order valence-electron chi connectivity index (χ1n) is 4.86. The van der Waals surface area contributed by atoms with E-state index in [-0.39, 0.29) is 6.42 Å². The summed E-state index contributed by atoms with van der Waals surface area (Å²) < 4.78 is 53.4. The second-order valence-electron chi connectivity index (χ2n) is 3.29. The van der Waals surface area contributed by atoms with Gasteiger partial charge in [0, 0.05) is 0 Å². The summed E-state index contributed by atoms with van der Waals surface area (Å²) in [5, 5.41) is 0. The summed E-state index contributed by atoms with van der Waals surface area (Å²) in [6.07, 6.45) is -9.04. The van der Waals surface area contributed by atoms with E-state index in [1.165, 1.54) is 0 Å². The SMILES string of the molecule is CCC(OC(F)(F)C(F)F)c1ccccc1. The maximum absolute atomic E-state index is 12.7. The van der Waals surface area contributed by atoms with Crippen LogP contribution in [-0.4, -0.2) is 12.5 Å². The highest BCUT2D eigenvalue weighted by Crippen LogP contribution is 2.32. The van der Waals surface area contributed by atoms with Gasteiger partial charge in [-0.1, -0.05) is 37.3 Å². The Labute approximate surface area is 91.0 Å². The van der Waals surface area contributed by atoms with Crippen LogP contribution in [-0.2, 0) is 4.74 Å². The van der Waals surface area contributed by atoms with E-state index in [9.17, 15) is 17.6 Å². The predicted octanol–water partition coefficient (Wildman–Crippen LogP) is 4.01. The maximum atomic E-state index is 12.7. The first-order chi connectivity index (χ1) is 7.47. The number of halogens is 4. The second-order valence-corrected chi connectivity index (χ2v) is 3.29. The predicted molar refractivity (Wildman–Crippen MR) is 51.5 cm³/mol. The molecule has 0 radical (unpaired) electrons. The van der Waals surface area contributed by atoms with Gasteiger partial charge < -0.3 is 4.74 Å². The molecule has 0 amide bonds. The summed E-state index contributed by atoms with van der Waals surface area (Å²) in [7, 11) is 0. The quantitative estimate of drug-likeness (QED) is 0.702. The number of hydrogen-bond acceptors (Lipinski definition) is 1. The Kier molecular flexibility index (Phi) is 4.29. The van der Waals surface area contributed by atoms with E-state index in [1.807, 2.05) is 0 Å². The fourth-order valence-corrected chi connectivity index (χ4v) is 1.30. The van der Waals surface area contributed by atoms with Gasteiger partial charge in [0.15, 0.2) is 0 Å². The molecule has 0 spiro atoms. The Bertz CT molecular complexity index is 313. The molecule has 1 unspecified atom stereocenters. The average Bonchev–Trinajstić information content (AvgIpc) is 2.27. The van der Waals surface area contributed by atoms with Gasteiger partial charge in [0.2, 0.25) is 0 Å². The van der Waals surface area contributed by atoms with Gasteiger partial charge in [-0.25, -0.2) is 8.78 Å². The molecule has 1 atom stereocenters. The summed E-state index contributed by atoms with van der Waals surface area (Å²) in [5.74, 6) is 0. The van der Waals surface area contributed by atoms with Crippen molar-refractivity contribution in [1.82, 2.24) is 0 Å². The lowest BCUT2D eigenvalue weighted by atomic mass is 10.1. The van der Waals surface area contributed by atoms with Gasteiger partial charge >= 0.3 is 12.5 Å². The lowest BCUT2D eigenvalue weighted by Crippen LogP contribution is -2.31. The molecular formula is C11H12F4O. The van der Waals surface area contributed by atoms with Gasteiger partial charge in [-0.3, -0.25) is 0 Å². The lowest BCUT2D eigenvalue weighted by Gasteiger charge is -2.23. The molecule has 16 heavy (non-hydrogen) atoms. The molecule has 0 aliphatic heterocycles. The third kappa shape index (κ3) is 3.20. The highest BCUT2D eigenvalue weighted by atomic mass is 19.3. The Morgan fingerprint density at radius 2 is 1.75 bits per heavy atom. The van der Waals surface area contributed by atoms with Crippen LogP contribution >= 0.6 is 0 Å². The summed E-state index contributed by atoms with van der Waals surface area (Å²) in [4.78, 5) is 0. The summed E-state index contributed by atoms with van der Waals surface area (Å²) in [6, 6.07) is 8.12. The third-order valence-corrected chi connectivity index (χ3v) is 2.10. The molecule has 90 valence electrons. The molecule has 0 heterocycles. The van der Waals surface area contributed by atoms with E-state index in [4.69, 9.17) is 0 Å². The minimum Gasteiger partial charge on any atom is -0.308 e. The normalized spacial score (nSPS) is 14.1. The molecule has 0 fully saturated rings. The van der Waals surface area contributed by atoms with Crippen molar-refractivity contribution in [2.24, 2.45) is 0 Å². The van der Waals surface area contributed by atoms with Crippen LogP contribution in [0.15, 0.2) is 30.3 Å². The summed E-state index contributed by atoms with van der Waals surface area (Å²) in [5.41, 5.74) is 0.463. The lowest BCUT2D eigenvalue weighted by molar-refractivity contribution is -0.320. The van der Waals surface area contributed by atoms with E-state index >= 15 is 0 Å². The fraction of sp³-hybridized carbons (Fsp3) is 0.455. The Morgan fingerprint density at radius 3 is 2.19 bits per heavy atom. The number of hydrogen-bond donors (Lipinski definition) is 0. The number of alkyl halides is 4. The fourth-order valence-electron chi connectivity index (χ4n) is 1.30. The van der Waals surface area contributed by atoms with E-state index in [2.05, 4.69) is 4.74 Å². The van der Waals surface area contributed by atoms with Crippen LogP contribution < -0.4 is 0 Å². The molecule has 1 rings (SSSR count). The maximum Gasteiger partial charge on any atom is 0.417 e.